The molecule has 2 fully saturated rings. The second-order valence-corrected chi connectivity index (χ2v) is 7.16. The minimum Gasteiger partial charge on any atom is -0.335 e. The first-order chi connectivity index (χ1) is 11.7. The van der Waals surface area contributed by atoms with Crippen LogP contribution in [0, 0.1) is 11.8 Å². The minimum atomic E-state index is 0.142. The summed E-state index contributed by atoms with van der Waals surface area (Å²) in [6, 6.07) is 4.20. The molecule has 1 aliphatic heterocycles. The Hall–Kier alpha value is -2.17. The van der Waals surface area contributed by atoms with E-state index in [1.165, 1.54) is 19.3 Å². The van der Waals surface area contributed by atoms with Gasteiger partial charge in [0.25, 0.3) is 5.91 Å². The minimum absolute atomic E-state index is 0.142. The van der Waals surface area contributed by atoms with Crippen molar-refractivity contribution in [1.29, 1.82) is 0 Å². The van der Waals surface area contributed by atoms with Crippen molar-refractivity contribution in [3.8, 4) is 5.82 Å². The van der Waals surface area contributed by atoms with Gasteiger partial charge in [-0.25, -0.2) is 9.97 Å². The summed E-state index contributed by atoms with van der Waals surface area (Å²) >= 11 is 0. The maximum atomic E-state index is 13.0. The molecule has 0 aromatic carbocycles. The molecule has 1 saturated carbocycles. The normalized spacial score (nSPS) is 26.9. The lowest BCUT2D eigenvalue weighted by Crippen LogP contribution is -2.52. The number of likely N-dealkylation sites (tertiary alicyclic amines) is 1. The van der Waals surface area contributed by atoms with Crippen LogP contribution < -0.4 is 0 Å². The van der Waals surface area contributed by atoms with Gasteiger partial charge in [-0.1, -0.05) is 19.8 Å². The Balaban J connectivity index is 1.54. The van der Waals surface area contributed by atoms with Crippen LogP contribution in [0.1, 0.15) is 49.4 Å². The second-order valence-electron chi connectivity index (χ2n) is 7.16. The molecule has 0 N–H and O–H groups in total. The molecule has 5 nitrogen and oxygen atoms in total. The maximum absolute atomic E-state index is 13.0. The number of carbonyl (C=O) groups excluding carboxylic acids is 1. The van der Waals surface area contributed by atoms with E-state index in [4.69, 9.17) is 0 Å². The van der Waals surface area contributed by atoms with Crippen LogP contribution in [0.4, 0.5) is 0 Å². The van der Waals surface area contributed by atoms with Crippen LogP contribution in [0.25, 0.3) is 5.82 Å². The highest BCUT2D eigenvalue weighted by atomic mass is 16.2. The molecule has 3 heterocycles. The predicted molar refractivity (Wildman–Crippen MR) is 91.9 cm³/mol. The standard InChI is InChI=1S/C19H24N4O/c1-14-8-10-23(17-5-3-2-4-16(14)17)19(24)15-6-7-18(21-12-15)22-11-9-20-13-22/h6-7,9,11-14,16-17H,2-5,8,10H2,1H3/t14-,16+,17+/m1/s1. The zero-order chi connectivity index (χ0) is 16.5. The van der Waals surface area contributed by atoms with Gasteiger partial charge in [-0.05, 0) is 43.2 Å². The monoisotopic (exact) mass is 324 g/mol. The number of nitrogens with zero attached hydrogens (tertiary/aromatic N) is 4. The molecule has 2 aromatic rings. The van der Waals surface area contributed by atoms with Crippen molar-refractivity contribution in [3.63, 3.8) is 0 Å². The van der Waals surface area contributed by atoms with Gasteiger partial charge in [-0.3, -0.25) is 9.36 Å². The van der Waals surface area contributed by atoms with Crippen molar-refractivity contribution in [1.82, 2.24) is 19.4 Å². The number of carbonyl (C=O) groups is 1. The highest BCUT2D eigenvalue weighted by molar-refractivity contribution is 5.94. The SMILES string of the molecule is C[C@@H]1CCN(C(=O)c2ccc(-n3ccnc3)nc2)[C@H]2CCCC[C@@H]12. The first-order valence-corrected chi connectivity index (χ1v) is 8.99. The summed E-state index contributed by atoms with van der Waals surface area (Å²) in [7, 11) is 0. The van der Waals surface area contributed by atoms with E-state index in [0.717, 1.165) is 31.1 Å². The molecular weight excluding hydrogens is 300 g/mol. The van der Waals surface area contributed by atoms with Crippen LogP contribution in [-0.2, 0) is 0 Å². The Morgan fingerprint density at radius 3 is 2.83 bits per heavy atom. The number of imidazole rings is 1. The number of hydrogen-bond acceptors (Lipinski definition) is 3. The summed E-state index contributed by atoms with van der Waals surface area (Å²) in [5, 5.41) is 0. The topological polar surface area (TPSA) is 51.0 Å². The van der Waals surface area contributed by atoms with Crippen molar-refractivity contribution >= 4 is 5.91 Å². The summed E-state index contributed by atoms with van der Waals surface area (Å²) in [4.78, 5) is 23.6. The average molecular weight is 324 g/mol. The van der Waals surface area contributed by atoms with E-state index < -0.39 is 0 Å². The molecule has 4 rings (SSSR count). The number of amides is 1. The molecule has 126 valence electrons. The van der Waals surface area contributed by atoms with E-state index in [-0.39, 0.29) is 5.91 Å². The number of aromatic nitrogens is 3. The van der Waals surface area contributed by atoms with Gasteiger partial charge in [-0.15, -0.1) is 0 Å². The summed E-state index contributed by atoms with van der Waals surface area (Å²) in [5.74, 6) is 2.34. The lowest BCUT2D eigenvalue weighted by Gasteiger charge is -2.47. The van der Waals surface area contributed by atoms with E-state index in [1.54, 1.807) is 18.7 Å². The Bertz CT molecular complexity index is 695. The Labute approximate surface area is 142 Å². The summed E-state index contributed by atoms with van der Waals surface area (Å²) in [5.41, 5.74) is 0.692. The molecule has 0 unspecified atom stereocenters. The molecule has 1 aliphatic carbocycles. The Morgan fingerprint density at radius 1 is 1.21 bits per heavy atom. The van der Waals surface area contributed by atoms with Crippen LogP contribution in [0.5, 0.6) is 0 Å². The lowest BCUT2D eigenvalue weighted by molar-refractivity contribution is 0.0217. The van der Waals surface area contributed by atoms with E-state index in [1.807, 2.05) is 22.9 Å². The molecule has 0 radical (unpaired) electrons. The average Bonchev–Trinajstić information content (AvgIpc) is 3.17. The van der Waals surface area contributed by atoms with Gasteiger partial charge in [0, 0.05) is 31.2 Å². The van der Waals surface area contributed by atoms with Crippen molar-refractivity contribution < 1.29 is 4.79 Å². The highest BCUT2D eigenvalue weighted by Gasteiger charge is 2.39. The third kappa shape index (κ3) is 2.72. The Morgan fingerprint density at radius 2 is 2.08 bits per heavy atom. The van der Waals surface area contributed by atoms with E-state index in [9.17, 15) is 4.79 Å². The fraction of sp³-hybridized carbons (Fsp3) is 0.526. The van der Waals surface area contributed by atoms with Gasteiger partial charge in [0.05, 0.1) is 5.56 Å². The quantitative estimate of drug-likeness (QED) is 0.851. The molecule has 0 spiro atoms. The highest BCUT2D eigenvalue weighted by Crippen LogP contribution is 2.39. The number of fused-ring (bicyclic) bond motifs is 1. The fourth-order valence-corrected chi connectivity index (χ4v) is 4.39. The maximum Gasteiger partial charge on any atom is 0.255 e. The first kappa shape index (κ1) is 15.4. The molecule has 24 heavy (non-hydrogen) atoms. The molecule has 2 aromatic heterocycles. The number of pyridine rings is 1. The van der Waals surface area contributed by atoms with Gasteiger partial charge in [0.15, 0.2) is 0 Å². The lowest BCUT2D eigenvalue weighted by atomic mass is 9.72. The molecule has 1 amide bonds. The number of hydrogen-bond donors (Lipinski definition) is 0. The van der Waals surface area contributed by atoms with Crippen molar-refractivity contribution in [2.45, 2.75) is 45.1 Å². The summed E-state index contributed by atoms with van der Waals surface area (Å²) in [6.07, 6.45) is 13.1. The van der Waals surface area contributed by atoms with Crippen LogP contribution in [0.15, 0.2) is 37.1 Å². The molecule has 1 saturated heterocycles. The fourth-order valence-electron chi connectivity index (χ4n) is 4.39. The van der Waals surface area contributed by atoms with Gasteiger partial charge < -0.3 is 4.90 Å². The van der Waals surface area contributed by atoms with Gasteiger partial charge in [-0.2, -0.15) is 0 Å². The molecular formula is C19H24N4O. The zero-order valence-corrected chi connectivity index (χ0v) is 14.1. The zero-order valence-electron chi connectivity index (χ0n) is 14.1. The summed E-state index contributed by atoms with van der Waals surface area (Å²) < 4.78 is 1.84. The van der Waals surface area contributed by atoms with Crippen molar-refractivity contribution in [2.24, 2.45) is 11.8 Å². The Kier molecular flexibility index (Phi) is 4.08. The van der Waals surface area contributed by atoms with Crippen LogP contribution in [0.2, 0.25) is 0 Å². The first-order valence-electron chi connectivity index (χ1n) is 8.99. The van der Waals surface area contributed by atoms with Crippen molar-refractivity contribution in [2.75, 3.05) is 6.54 Å². The van der Waals surface area contributed by atoms with E-state index >= 15 is 0 Å². The molecule has 5 heteroatoms. The molecule has 0 bridgehead atoms. The van der Waals surface area contributed by atoms with Gasteiger partial charge in [0.2, 0.25) is 0 Å². The molecule has 2 aliphatic rings. The smallest absolute Gasteiger partial charge is 0.255 e. The van der Waals surface area contributed by atoms with Crippen molar-refractivity contribution in [3.05, 3.63) is 42.6 Å². The third-order valence-electron chi connectivity index (χ3n) is 5.76. The van der Waals surface area contributed by atoms with E-state index in [2.05, 4.69) is 21.8 Å². The number of piperidine rings is 1. The molecule has 3 atom stereocenters. The van der Waals surface area contributed by atoms with Crippen LogP contribution >= 0.6 is 0 Å². The number of rotatable bonds is 2. The van der Waals surface area contributed by atoms with Gasteiger partial charge in [0.1, 0.15) is 12.1 Å². The van der Waals surface area contributed by atoms with Crippen LogP contribution in [-0.4, -0.2) is 37.9 Å². The predicted octanol–water partition coefficient (Wildman–Crippen LogP) is 3.31. The summed E-state index contributed by atoms with van der Waals surface area (Å²) in [6.45, 7) is 3.23. The second kappa shape index (κ2) is 6.38. The van der Waals surface area contributed by atoms with E-state index in [0.29, 0.717) is 17.5 Å². The largest absolute Gasteiger partial charge is 0.335 e. The third-order valence-corrected chi connectivity index (χ3v) is 5.76. The van der Waals surface area contributed by atoms with Gasteiger partial charge >= 0.3 is 0 Å². The van der Waals surface area contributed by atoms with Crippen LogP contribution in [0.3, 0.4) is 0 Å².